The van der Waals surface area contributed by atoms with E-state index in [0.717, 1.165) is 77.0 Å². The Morgan fingerprint density at radius 1 is 0.429 bits per heavy atom. The molecule has 0 rings (SSSR count). The van der Waals surface area contributed by atoms with Crippen LogP contribution in [-0.4, -0.2) is 36.4 Å². The monoisotopic (exact) mass is 783 g/mol. The Morgan fingerprint density at radius 3 is 1.16 bits per heavy atom. The molecule has 0 amide bonds. The number of carbonyl (C=O) groups is 2. The fourth-order valence-electron chi connectivity index (χ4n) is 6.76. The maximum absolute atomic E-state index is 12.2. The first-order chi connectivity index (χ1) is 27.6. The minimum absolute atomic E-state index is 0.0789. The van der Waals surface area contributed by atoms with E-state index < -0.39 is 6.10 Å². The fourth-order valence-corrected chi connectivity index (χ4v) is 6.76. The van der Waals surface area contributed by atoms with Gasteiger partial charge in [0.25, 0.3) is 0 Å². The highest BCUT2D eigenvalue weighted by Gasteiger charge is 2.16. The average molecular weight is 783 g/mol. The van der Waals surface area contributed by atoms with Crippen LogP contribution in [0, 0.1) is 0 Å². The Labute approximate surface area is 347 Å². The molecule has 0 aromatic rings. The van der Waals surface area contributed by atoms with E-state index in [1.165, 1.54) is 128 Å². The van der Waals surface area contributed by atoms with Crippen molar-refractivity contribution in [2.75, 3.05) is 13.2 Å². The SMILES string of the molecule is CC/C=C\C/C=C\C/C=C\C/C=C\C/C=C\CCCCCC(=O)OC(CO)COC(=O)CCCCCCCCCCCCCCCCCCCCCCCCC. The second-order valence-electron chi connectivity index (χ2n) is 15.8. The predicted molar refractivity (Wildman–Crippen MR) is 242 cm³/mol. The zero-order valence-corrected chi connectivity index (χ0v) is 36.9. The first kappa shape index (κ1) is 53.6. The highest BCUT2D eigenvalue weighted by Crippen LogP contribution is 2.16. The van der Waals surface area contributed by atoms with Crippen LogP contribution < -0.4 is 0 Å². The Morgan fingerprint density at radius 2 is 0.768 bits per heavy atom. The van der Waals surface area contributed by atoms with Crippen LogP contribution in [0.2, 0.25) is 0 Å². The second-order valence-corrected chi connectivity index (χ2v) is 15.8. The summed E-state index contributed by atoms with van der Waals surface area (Å²) in [7, 11) is 0. The fraction of sp³-hybridized carbons (Fsp3) is 0.765. The summed E-state index contributed by atoms with van der Waals surface area (Å²) in [5.41, 5.74) is 0. The minimum atomic E-state index is -0.790. The van der Waals surface area contributed by atoms with Crippen molar-refractivity contribution in [3.63, 3.8) is 0 Å². The van der Waals surface area contributed by atoms with Crippen molar-refractivity contribution in [1.82, 2.24) is 0 Å². The summed E-state index contributed by atoms with van der Waals surface area (Å²) < 4.78 is 10.6. The van der Waals surface area contributed by atoms with Gasteiger partial charge in [-0.05, 0) is 57.8 Å². The molecule has 56 heavy (non-hydrogen) atoms. The molecule has 0 saturated heterocycles. The van der Waals surface area contributed by atoms with E-state index in [1.54, 1.807) is 0 Å². The molecule has 5 nitrogen and oxygen atoms in total. The number of rotatable bonds is 43. The van der Waals surface area contributed by atoms with Crippen LogP contribution in [0.5, 0.6) is 0 Å². The number of aliphatic hydroxyl groups excluding tert-OH is 1. The number of allylic oxidation sites excluding steroid dienone is 10. The minimum Gasteiger partial charge on any atom is -0.462 e. The molecule has 5 heteroatoms. The van der Waals surface area contributed by atoms with Gasteiger partial charge in [0.2, 0.25) is 0 Å². The summed E-state index contributed by atoms with van der Waals surface area (Å²) in [5.74, 6) is -0.622. The summed E-state index contributed by atoms with van der Waals surface area (Å²) in [6, 6.07) is 0. The number of esters is 2. The molecule has 0 radical (unpaired) electrons. The topological polar surface area (TPSA) is 72.8 Å². The maximum Gasteiger partial charge on any atom is 0.306 e. The van der Waals surface area contributed by atoms with Crippen LogP contribution in [0.25, 0.3) is 0 Å². The second kappa shape index (κ2) is 47.0. The zero-order valence-electron chi connectivity index (χ0n) is 36.9. The van der Waals surface area contributed by atoms with Gasteiger partial charge >= 0.3 is 11.9 Å². The van der Waals surface area contributed by atoms with E-state index in [2.05, 4.69) is 74.6 Å². The molecular weight excluding hydrogens is 693 g/mol. The van der Waals surface area contributed by atoms with E-state index in [4.69, 9.17) is 9.47 Å². The van der Waals surface area contributed by atoms with Crippen LogP contribution >= 0.6 is 0 Å². The quantitative estimate of drug-likeness (QED) is 0.0379. The van der Waals surface area contributed by atoms with Crippen molar-refractivity contribution in [1.29, 1.82) is 0 Å². The Kier molecular flexibility index (Phi) is 45.0. The molecule has 324 valence electrons. The summed E-state index contributed by atoms with van der Waals surface area (Å²) in [6.45, 7) is 4.02. The summed E-state index contributed by atoms with van der Waals surface area (Å²) in [5, 5.41) is 9.60. The van der Waals surface area contributed by atoms with E-state index >= 15 is 0 Å². The molecule has 1 unspecified atom stereocenters. The highest BCUT2D eigenvalue weighted by molar-refractivity contribution is 5.70. The molecule has 0 saturated carbocycles. The van der Waals surface area contributed by atoms with Crippen molar-refractivity contribution < 1.29 is 24.2 Å². The Bertz CT molecular complexity index is 977. The molecule has 0 aliphatic rings. The summed E-state index contributed by atoms with van der Waals surface area (Å²) >= 11 is 0. The number of unbranched alkanes of at least 4 members (excludes halogenated alkanes) is 25. The smallest absolute Gasteiger partial charge is 0.306 e. The number of hydrogen-bond donors (Lipinski definition) is 1. The third-order valence-electron chi connectivity index (χ3n) is 10.3. The van der Waals surface area contributed by atoms with Gasteiger partial charge in [-0.1, -0.05) is 222 Å². The van der Waals surface area contributed by atoms with Gasteiger partial charge in [0.1, 0.15) is 6.61 Å². The zero-order chi connectivity index (χ0) is 40.7. The molecule has 1 atom stereocenters. The third kappa shape index (κ3) is 44.3. The molecule has 1 N–H and O–H groups in total. The van der Waals surface area contributed by atoms with Crippen LogP contribution in [-0.2, 0) is 19.1 Å². The molecule has 0 aliphatic heterocycles. The van der Waals surface area contributed by atoms with Gasteiger partial charge < -0.3 is 14.6 Å². The van der Waals surface area contributed by atoms with Crippen molar-refractivity contribution in [3.8, 4) is 0 Å². The maximum atomic E-state index is 12.2. The third-order valence-corrected chi connectivity index (χ3v) is 10.3. The Hall–Kier alpha value is -2.40. The number of carbonyl (C=O) groups excluding carboxylic acids is 2. The van der Waals surface area contributed by atoms with E-state index in [-0.39, 0.29) is 25.2 Å². The number of aliphatic hydroxyl groups is 1. The summed E-state index contributed by atoms with van der Waals surface area (Å²) in [6.07, 6.45) is 61.6. The molecule has 0 aromatic carbocycles. The lowest BCUT2D eigenvalue weighted by molar-refractivity contribution is -0.161. The Balaban J connectivity index is 3.54. The van der Waals surface area contributed by atoms with Gasteiger partial charge in [0.15, 0.2) is 6.10 Å². The predicted octanol–water partition coefficient (Wildman–Crippen LogP) is 15.5. The van der Waals surface area contributed by atoms with Crippen molar-refractivity contribution >= 4 is 11.9 Å². The van der Waals surface area contributed by atoms with Crippen molar-refractivity contribution in [2.24, 2.45) is 0 Å². The van der Waals surface area contributed by atoms with Gasteiger partial charge in [-0.2, -0.15) is 0 Å². The first-order valence-electron chi connectivity index (χ1n) is 23.8. The van der Waals surface area contributed by atoms with Crippen molar-refractivity contribution in [2.45, 2.75) is 238 Å². The molecular formula is C51H90O5. The number of hydrogen-bond acceptors (Lipinski definition) is 5. The normalized spacial score (nSPS) is 12.7. The lowest BCUT2D eigenvalue weighted by Crippen LogP contribution is -2.28. The van der Waals surface area contributed by atoms with Gasteiger partial charge in [-0.25, -0.2) is 0 Å². The number of ether oxygens (including phenoxy) is 2. The molecule has 0 heterocycles. The van der Waals surface area contributed by atoms with Crippen LogP contribution in [0.15, 0.2) is 60.8 Å². The van der Waals surface area contributed by atoms with Crippen LogP contribution in [0.4, 0.5) is 0 Å². The molecule has 0 spiro atoms. The van der Waals surface area contributed by atoms with Crippen molar-refractivity contribution in [3.05, 3.63) is 60.8 Å². The van der Waals surface area contributed by atoms with E-state index in [0.29, 0.717) is 12.8 Å². The largest absolute Gasteiger partial charge is 0.462 e. The molecule has 0 fully saturated rings. The van der Waals surface area contributed by atoms with Gasteiger partial charge in [-0.3, -0.25) is 9.59 Å². The lowest BCUT2D eigenvalue weighted by Gasteiger charge is -2.15. The molecule has 0 aliphatic carbocycles. The first-order valence-corrected chi connectivity index (χ1v) is 23.8. The van der Waals surface area contributed by atoms with Gasteiger partial charge in [0, 0.05) is 12.8 Å². The highest BCUT2D eigenvalue weighted by atomic mass is 16.6. The van der Waals surface area contributed by atoms with E-state index in [1.807, 2.05) is 0 Å². The van der Waals surface area contributed by atoms with Crippen LogP contribution in [0.1, 0.15) is 232 Å². The average Bonchev–Trinajstić information content (AvgIpc) is 3.20. The molecule has 0 bridgehead atoms. The summed E-state index contributed by atoms with van der Waals surface area (Å²) in [4.78, 5) is 24.4. The van der Waals surface area contributed by atoms with E-state index in [9.17, 15) is 14.7 Å². The van der Waals surface area contributed by atoms with Crippen LogP contribution in [0.3, 0.4) is 0 Å². The van der Waals surface area contributed by atoms with Gasteiger partial charge in [-0.15, -0.1) is 0 Å². The standard InChI is InChI=1S/C51H90O5/c1-3-5-7-9-11-13-15-17-19-21-23-24-25-26-28-29-31-33-35-37-39-41-43-45-50(53)55-48-49(47-52)56-51(54)46-44-42-40-38-36-34-32-30-27-22-20-18-16-14-12-10-8-6-4-2/h6,8,12,14,18,20,27,30,34,36,49,52H,3-5,7,9-11,13,15-17,19,21-26,28-29,31-33,35,37-48H2,1-2H3/b8-6-,14-12-,20-18-,30-27-,36-34-. The van der Waals surface area contributed by atoms with Gasteiger partial charge in [0.05, 0.1) is 6.61 Å². The lowest BCUT2D eigenvalue weighted by atomic mass is 10.0. The molecule has 0 aromatic heterocycles.